The van der Waals surface area contributed by atoms with E-state index < -0.39 is 31.2 Å². The predicted octanol–water partition coefficient (Wildman–Crippen LogP) is 7.69. The molecule has 0 spiro atoms. The zero-order chi connectivity index (χ0) is 23.1. The van der Waals surface area contributed by atoms with Crippen LogP contribution >= 0.6 is 0 Å². The molecule has 1 fully saturated rings. The Morgan fingerprint density at radius 3 is 1.84 bits per heavy atom. The minimum absolute atomic E-state index is 0.00456. The molecule has 31 heavy (non-hydrogen) atoms. The van der Waals surface area contributed by atoms with Crippen LogP contribution in [0.5, 0.6) is 0 Å². The monoisotopic (exact) mass is 558 g/mol. The van der Waals surface area contributed by atoms with Crippen LogP contribution in [-0.2, 0) is 14.6 Å². The summed E-state index contributed by atoms with van der Waals surface area (Å²) in [5.41, 5.74) is 1.09. The summed E-state index contributed by atoms with van der Waals surface area (Å²) in [6.07, 6.45) is 8.46. The second kappa shape index (κ2) is 11.9. The molecule has 0 N–H and O–H groups in total. The number of hydrogen-bond donors (Lipinski definition) is 0. The Morgan fingerprint density at radius 1 is 0.935 bits per heavy atom. The molecule has 0 aliphatic carbocycles. The molecule has 2 rings (SSSR count). The van der Waals surface area contributed by atoms with Crippen molar-refractivity contribution in [3.8, 4) is 0 Å². The molecule has 5 heteroatoms. The van der Waals surface area contributed by atoms with Crippen LogP contribution in [0.2, 0.25) is 13.3 Å². The summed E-state index contributed by atoms with van der Waals surface area (Å²) in [5, 5.41) is 0. The van der Waals surface area contributed by atoms with Crippen LogP contribution in [0.15, 0.2) is 29.2 Å². The molecule has 0 aromatic heterocycles. The summed E-state index contributed by atoms with van der Waals surface area (Å²) in [6, 6.07) is 7.54. The Bertz CT molecular complexity index is 741. The van der Waals surface area contributed by atoms with Crippen LogP contribution in [0.3, 0.4) is 0 Å². The van der Waals surface area contributed by atoms with E-state index in [0.717, 1.165) is 63.8 Å². The third-order valence-corrected chi connectivity index (χ3v) is 31.3. The van der Waals surface area contributed by atoms with Gasteiger partial charge in [0.05, 0.1) is 0 Å². The number of rotatable bonds is 12. The van der Waals surface area contributed by atoms with Crippen molar-refractivity contribution in [3.63, 3.8) is 0 Å². The minimum atomic E-state index is -3.58. The zero-order valence-corrected chi connectivity index (χ0v) is 24.5. The Labute approximate surface area is 196 Å². The Balaban J connectivity index is 2.76. The quantitative estimate of drug-likeness (QED) is 0.248. The summed E-state index contributed by atoms with van der Waals surface area (Å²) in [4.78, 5) is 0.477. The summed E-state index contributed by atoms with van der Waals surface area (Å²) < 4.78 is 38.5. The third kappa shape index (κ3) is 5.90. The van der Waals surface area contributed by atoms with Gasteiger partial charge in [-0.3, -0.25) is 0 Å². The summed E-state index contributed by atoms with van der Waals surface area (Å²) in [6.45, 7) is 13.1. The molecule has 178 valence electrons. The van der Waals surface area contributed by atoms with Gasteiger partial charge in [0, 0.05) is 0 Å². The number of unbranched alkanes of at least 4 members (excludes halogenated alkanes) is 3. The normalized spacial score (nSPS) is 25.0. The summed E-state index contributed by atoms with van der Waals surface area (Å²) in [7, 11) is -3.58. The van der Waals surface area contributed by atoms with Gasteiger partial charge >= 0.3 is 197 Å². The first-order chi connectivity index (χ1) is 14.7. The molecule has 1 aromatic rings. The molecule has 1 aliphatic heterocycles. The SMILES string of the molecule is CCC[CH2][Sn]([CH2]CCC)([CH2]CCC)[C]1(S(=O)(=O)c2ccc(C)cc2)C[C@H](C)C[C@H](C)O1. The molecule has 1 aromatic carbocycles. The number of aryl methyl sites for hydroxylation is 1. The van der Waals surface area contributed by atoms with Gasteiger partial charge in [-0.2, -0.15) is 0 Å². The van der Waals surface area contributed by atoms with Crippen LogP contribution in [0.1, 0.15) is 91.5 Å². The number of benzene rings is 1. The molecular weight excluding hydrogens is 511 g/mol. The van der Waals surface area contributed by atoms with Crippen molar-refractivity contribution in [2.45, 2.75) is 120 Å². The van der Waals surface area contributed by atoms with Crippen molar-refractivity contribution in [1.29, 1.82) is 0 Å². The molecule has 1 aliphatic rings. The second-order valence-electron chi connectivity index (χ2n) is 10.1. The third-order valence-electron chi connectivity index (χ3n) is 7.34. The predicted molar refractivity (Wildman–Crippen MR) is 135 cm³/mol. The van der Waals surface area contributed by atoms with E-state index in [1.54, 1.807) is 0 Å². The molecule has 1 heterocycles. The number of ether oxygens (including phenoxy) is 1. The van der Waals surface area contributed by atoms with E-state index >= 15 is 0 Å². The van der Waals surface area contributed by atoms with Gasteiger partial charge in [0.1, 0.15) is 0 Å². The summed E-state index contributed by atoms with van der Waals surface area (Å²) >= 11 is -3.35. The van der Waals surface area contributed by atoms with Crippen LogP contribution < -0.4 is 0 Å². The van der Waals surface area contributed by atoms with E-state index in [1.807, 2.05) is 31.2 Å². The van der Waals surface area contributed by atoms with Gasteiger partial charge in [0.2, 0.25) is 0 Å². The average Bonchev–Trinajstić information content (AvgIpc) is 2.73. The van der Waals surface area contributed by atoms with Crippen LogP contribution in [-0.4, -0.2) is 35.8 Å². The van der Waals surface area contributed by atoms with Crippen molar-refractivity contribution in [2.24, 2.45) is 5.92 Å². The van der Waals surface area contributed by atoms with Crippen molar-refractivity contribution in [2.75, 3.05) is 0 Å². The first-order valence-corrected chi connectivity index (χ1v) is 21.6. The van der Waals surface area contributed by atoms with E-state index in [1.165, 1.54) is 0 Å². The average molecular weight is 557 g/mol. The van der Waals surface area contributed by atoms with E-state index in [4.69, 9.17) is 4.74 Å². The van der Waals surface area contributed by atoms with Crippen LogP contribution in [0, 0.1) is 12.8 Å². The van der Waals surface area contributed by atoms with E-state index in [9.17, 15) is 8.42 Å². The van der Waals surface area contributed by atoms with E-state index in [0.29, 0.717) is 17.2 Å². The van der Waals surface area contributed by atoms with Gasteiger partial charge in [-0.1, -0.05) is 0 Å². The first-order valence-electron chi connectivity index (χ1n) is 12.7. The van der Waals surface area contributed by atoms with Gasteiger partial charge in [-0.05, 0) is 0 Å². The number of hydrogen-bond acceptors (Lipinski definition) is 3. The van der Waals surface area contributed by atoms with Crippen LogP contribution in [0.25, 0.3) is 0 Å². The first kappa shape index (κ1) is 27.2. The fourth-order valence-electron chi connectivity index (χ4n) is 5.73. The molecule has 1 unspecified atom stereocenters. The van der Waals surface area contributed by atoms with Crippen molar-refractivity contribution >= 4 is 28.2 Å². The Morgan fingerprint density at radius 2 is 1.42 bits per heavy atom. The Hall–Kier alpha value is -0.0713. The number of sulfone groups is 1. The second-order valence-corrected chi connectivity index (χ2v) is 27.2. The molecular formula is C26H46O3SSn. The maximum absolute atomic E-state index is 14.6. The fourth-order valence-corrected chi connectivity index (χ4v) is 33.7. The van der Waals surface area contributed by atoms with Crippen molar-refractivity contribution in [3.05, 3.63) is 29.8 Å². The van der Waals surface area contributed by atoms with Gasteiger partial charge in [-0.25, -0.2) is 0 Å². The zero-order valence-electron chi connectivity index (χ0n) is 20.9. The Kier molecular flexibility index (Phi) is 10.4. The van der Waals surface area contributed by atoms with Crippen LogP contribution in [0.4, 0.5) is 0 Å². The van der Waals surface area contributed by atoms with Gasteiger partial charge < -0.3 is 0 Å². The van der Waals surface area contributed by atoms with Crippen molar-refractivity contribution in [1.82, 2.24) is 0 Å². The van der Waals surface area contributed by atoms with Gasteiger partial charge in [0.15, 0.2) is 0 Å². The van der Waals surface area contributed by atoms with Gasteiger partial charge in [-0.15, -0.1) is 0 Å². The fraction of sp³-hybridized carbons (Fsp3) is 0.769. The maximum atomic E-state index is 14.6. The molecule has 0 amide bonds. The molecule has 0 radical (unpaired) electrons. The molecule has 1 saturated heterocycles. The summed E-state index contributed by atoms with van der Waals surface area (Å²) in [5.74, 6) is 0.380. The van der Waals surface area contributed by atoms with Gasteiger partial charge in [0.25, 0.3) is 0 Å². The topological polar surface area (TPSA) is 43.4 Å². The molecule has 3 nitrogen and oxygen atoms in total. The van der Waals surface area contributed by atoms with E-state index in [2.05, 4.69) is 34.6 Å². The van der Waals surface area contributed by atoms with E-state index in [-0.39, 0.29) is 6.10 Å². The van der Waals surface area contributed by atoms with Crippen molar-refractivity contribution < 1.29 is 13.2 Å². The standard InChI is InChI=1S/C14H19O3S.3C4H9.Sn/c1-10-4-6-13(7-5-10)18(15,16)14-9-11(2)8-12(3)17-14;3*1-3-4-2;/h4-7,11-12H,8-9H2,1-3H3;3*1,3-4H2,2H3;/t11-,12+;;;;/m1..../s1. The molecule has 0 saturated carbocycles. The molecule has 0 bridgehead atoms. The molecule has 3 atom stereocenters.